The third-order valence-electron chi connectivity index (χ3n) is 2.46. The smallest absolute Gasteiger partial charge is 0.413 e. The second-order valence-electron chi connectivity index (χ2n) is 4.09. The zero-order chi connectivity index (χ0) is 16.5. The summed E-state index contributed by atoms with van der Waals surface area (Å²) < 4.78 is 14.2. The molecule has 0 aliphatic rings. The topological polar surface area (TPSA) is 108 Å². The summed E-state index contributed by atoms with van der Waals surface area (Å²) in [4.78, 5) is 44.3. The van der Waals surface area contributed by atoms with Crippen LogP contribution in [0.15, 0.2) is 24.3 Å². The minimum atomic E-state index is -1.17. The van der Waals surface area contributed by atoms with Crippen molar-refractivity contribution in [1.29, 1.82) is 0 Å². The van der Waals surface area contributed by atoms with Crippen LogP contribution in [-0.2, 0) is 19.1 Å². The Hall–Kier alpha value is -2.90. The van der Waals surface area contributed by atoms with Gasteiger partial charge in [0.05, 0.1) is 7.11 Å². The highest BCUT2D eigenvalue weighted by molar-refractivity contribution is 5.95. The summed E-state index contributed by atoms with van der Waals surface area (Å²) in [6, 6.07) is 6.09. The maximum Gasteiger partial charge on any atom is 0.413 e. The molecule has 2 amide bonds. The van der Waals surface area contributed by atoms with Crippen molar-refractivity contribution in [3.05, 3.63) is 29.8 Å². The molecule has 8 heteroatoms. The number of alkyl carbamates (subject to hydrolysis) is 1. The van der Waals surface area contributed by atoms with Gasteiger partial charge in [-0.05, 0) is 31.2 Å². The van der Waals surface area contributed by atoms with E-state index in [9.17, 15) is 19.2 Å². The average molecular weight is 309 g/mol. The van der Waals surface area contributed by atoms with Crippen LogP contribution in [0.3, 0.4) is 0 Å². The molecule has 0 aliphatic heterocycles. The Morgan fingerprint density at radius 1 is 1.23 bits per heavy atom. The first-order valence-electron chi connectivity index (χ1n) is 6.22. The Balaban J connectivity index is 2.40. The number of rotatable bonds is 6. The number of ether oxygens (including phenoxy) is 3. The number of hydrogen-bond donors (Lipinski definition) is 1. The van der Waals surface area contributed by atoms with Gasteiger partial charge in [-0.25, -0.2) is 9.59 Å². The van der Waals surface area contributed by atoms with E-state index in [2.05, 4.69) is 4.74 Å². The fourth-order valence-corrected chi connectivity index (χ4v) is 1.32. The predicted molar refractivity (Wildman–Crippen MR) is 73.4 cm³/mol. The highest BCUT2D eigenvalue weighted by Gasteiger charge is 2.20. The molecular weight excluding hydrogens is 294 g/mol. The third kappa shape index (κ3) is 5.61. The van der Waals surface area contributed by atoms with E-state index in [1.807, 2.05) is 5.32 Å². The van der Waals surface area contributed by atoms with Crippen LogP contribution in [0.4, 0.5) is 4.79 Å². The van der Waals surface area contributed by atoms with Crippen LogP contribution >= 0.6 is 0 Å². The molecule has 0 aliphatic carbocycles. The van der Waals surface area contributed by atoms with Gasteiger partial charge in [0.25, 0.3) is 5.91 Å². The highest BCUT2D eigenvalue weighted by Crippen LogP contribution is 2.11. The monoisotopic (exact) mass is 309 g/mol. The first-order chi connectivity index (χ1) is 10.5. The van der Waals surface area contributed by atoms with Crippen LogP contribution in [0.25, 0.3) is 0 Å². The Morgan fingerprint density at radius 2 is 1.86 bits per heavy atom. The Labute approximate surface area is 126 Å². The molecule has 118 valence electrons. The minimum absolute atomic E-state index is 0.370. The molecule has 1 atom stereocenters. The number of aldehydes is 1. The third-order valence-corrected chi connectivity index (χ3v) is 2.46. The normalized spacial score (nSPS) is 11.0. The molecule has 1 aromatic carbocycles. The molecule has 0 fully saturated rings. The fraction of sp³-hybridized carbons (Fsp3) is 0.286. The van der Waals surface area contributed by atoms with Gasteiger partial charge < -0.3 is 14.2 Å². The lowest BCUT2D eigenvalue weighted by Crippen LogP contribution is -2.40. The molecule has 0 saturated carbocycles. The molecule has 0 unspecified atom stereocenters. The summed E-state index contributed by atoms with van der Waals surface area (Å²) in [7, 11) is 1.10. The highest BCUT2D eigenvalue weighted by atomic mass is 16.6. The number of carbonyl (C=O) groups excluding carboxylic acids is 4. The lowest BCUT2D eigenvalue weighted by Gasteiger charge is -2.12. The van der Waals surface area contributed by atoms with Gasteiger partial charge in [-0.15, -0.1) is 0 Å². The molecule has 0 radical (unpaired) electrons. The van der Waals surface area contributed by atoms with E-state index < -0.39 is 30.7 Å². The number of benzene rings is 1. The number of hydrogen-bond acceptors (Lipinski definition) is 7. The van der Waals surface area contributed by atoms with Crippen molar-refractivity contribution in [3.8, 4) is 5.75 Å². The predicted octanol–water partition coefficient (Wildman–Crippen LogP) is 0.692. The van der Waals surface area contributed by atoms with Crippen LogP contribution < -0.4 is 10.1 Å². The van der Waals surface area contributed by atoms with Gasteiger partial charge in [-0.1, -0.05) is 0 Å². The summed E-state index contributed by atoms with van der Waals surface area (Å²) in [5.74, 6) is -1.23. The maximum atomic E-state index is 11.5. The minimum Gasteiger partial charge on any atom is -0.482 e. The summed E-state index contributed by atoms with van der Waals surface area (Å²) >= 11 is 0. The lowest BCUT2D eigenvalue weighted by molar-refractivity contribution is -0.156. The number of nitrogens with one attached hydrogen (secondary N) is 1. The number of amides is 2. The zero-order valence-electron chi connectivity index (χ0n) is 12.0. The van der Waals surface area contributed by atoms with E-state index in [1.165, 1.54) is 31.2 Å². The average Bonchev–Trinajstić information content (AvgIpc) is 2.53. The second-order valence-corrected chi connectivity index (χ2v) is 4.09. The molecule has 0 saturated heterocycles. The number of methoxy groups -OCH3 is 1. The van der Waals surface area contributed by atoms with Crippen molar-refractivity contribution in [2.75, 3.05) is 13.7 Å². The first-order valence-corrected chi connectivity index (χ1v) is 6.22. The number of carbonyl (C=O) groups is 4. The van der Waals surface area contributed by atoms with Crippen LogP contribution in [0.2, 0.25) is 0 Å². The van der Waals surface area contributed by atoms with Crippen LogP contribution in [0.5, 0.6) is 5.75 Å². The Morgan fingerprint density at radius 3 is 2.41 bits per heavy atom. The van der Waals surface area contributed by atoms with Crippen molar-refractivity contribution in [1.82, 2.24) is 5.32 Å². The van der Waals surface area contributed by atoms with Gasteiger partial charge >= 0.3 is 12.1 Å². The van der Waals surface area contributed by atoms with Gasteiger partial charge in [0.2, 0.25) is 0 Å². The van der Waals surface area contributed by atoms with Crippen molar-refractivity contribution in [2.24, 2.45) is 0 Å². The SMILES string of the molecule is COC(=O)NC(=O)[C@H](C)OC(=O)COc1ccc(C=O)cc1. The van der Waals surface area contributed by atoms with Crippen molar-refractivity contribution in [2.45, 2.75) is 13.0 Å². The van der Waals surface area contributed by atoms with Crippen LogP contribution in [0.1, 0.15) is 17.3 Å². The van der Waals surface area contributed by atoms with E-state index in [1.54, 1.807) is 0 Å². The molecule has 1 aromatic rings. The van der Waals surface area contributed by atoms with Crippen molar-refractivity contribution >= 4 is 24.3 Å². The molecule has 0 aromatic heterocycles. The van der Waals surface area contributed by atoms with Gasteiger partial charge in [0, 0.05) is 5.56 Å². The van der Waals surface area contributed by atoms with E-state index in [0.717, 1.165) is 7.11 Å². The van der Waals surface area contributed by atoms with E-state index in [0.29, 0.717) is 17.6 Å². The molecule has 22 heavy (non-hydrogen) atoms. The molecule has 0 bridgehead atoms. The first kappa shape index (κ1) is 17.2. The summed E-state index contributed by atoms with van der Waals surface area (Å²) in [5.41, 5.74) is 0.475. The van der Waals surface area contributed by atoms with Crippen molar-refractivity contribution < 1.29 is 33.4 Å². The fourth-order valence-electron chi connectivity index (χ4n) is 1.32. The summed E-state index contributed by atoms with van der Waals surface area (Å²) in [6.45, 7) is 0.880. The molecule has 1 rings (SSSR count). The standard InChI is InChI=1S/C14H15NO7/c1-9(13(18)15-14(19)20-2)22-12(17)8-21-11-5-3-10(7-16)4-6-11/h3-7,9H,8H2,1-2H3,(H,15,18,19)/t9-/m0/s1. The van der Waals surface area contributed by atoms with Crippen LogP contribution in [-0.4, -0.2) is 44.1 Å². The second kappa shape index (κ2) is 8.40. The molecular formula is C14H15NO7. The Kier molecular flexibility index (Phi) is 6.55. The Bertz CT molecular complexity index is 553. The quantitative estimate of drug-likeness (QED) is 0.608. The summed E-state index contributed by atoms with van der Waals surface area (Å²) in [6.07, 6.45) is -1.44. The number of imide groups is 1. The van der Waals surface area contributed by atoms with Gasteiger partial charge in [0.1, 0.15) is 12.0 Å². The van der Waals surface area contributed by atoms with Crippen molar-refractivity contribution in [3.63, 3.8) is 0 Å². The molecule has 8 nitrogen and oxygen atoms in total. The van der Waals surface area contributed by atoms with Gasteiger partial charge in [-0.2, -0.15) is 0 Å². The molecule has 0 heterocycles. The lowest BCUT2D eigenvalue weighted by atomic mass is 10.2. The zero-order valence-corrected chi connectivity index (χ0v) is 12.0. The maximum absolute atomic E-state index is 11.5. The van der Waals surface area contributed by atoms with E-state index in [4.69, 9.17) is 9.47 Å². The number of esters is 1. The van der Waals surface area contributed by atoms with Gasteiger partial charge in [-0.3, -0.25) is 14.9 Å². The van der Waals surface area contributed by atoms with Gasteiger partial charge in [0.15, 0.2) is 12.7 Å². The molecule has 1 N–H and O–H groups in total. The van der Waals surface area contributed by atoms with E-state index >= 15 is 0 Å². The van der Waals surface area contributed by atoms with E-state index in [-0.39, 0.29) is 0 Å². The largest absolute Gasteiger partial charge is 0.482 e. The van der Waals surface area contributed by atoms with Crippen LogP contribution in [0, 0.1) is 0 Å². The summed E-state index contributed by atoms with van der Waals surface area (Å²) in [5, 5.41) is 1.87. The molecule has 0 spiro atoms.